The van der Waals surface area contributed by atoms with E-state index in [-0.39, 0.29) is 36.8 Å². The van der Waals surface area contributed by atoms with Crippen LogP contribution in [0.25, 0.3) is 11.1 Å². The molecule has 0 heterocycles. The summed E-state index contributed by atoms with van der Waals surface area (Å²) in [6.45, 7) is 2.14. The van der Waals surface area contributed by atoms with Crippen LogP contribution >= 0.6 is 0 Å². The summed E-state index contributed by atoms with van der Waals surface area (Å²) in [6.07, 6.45) is 4.02. The molecule has 0 aromatic heterocycles. The maximum atomic E-state index is 13.0. The number of carbonyl (C=O) groups is 3. The van der Waals surface area contributed by atoms with Crippen LogP contribution in [-0.4, -0.2) is 41.3 Å². The molecular formula is C27H32N2O5. The summed E-state index contributed by atoms with van der Waals surface area (Å²) < 4.78 is 5.56. The average Bonchev–Trinajstić information content (AvgIpc) is 3.14. The third-order valence-electron chi connectivity index (χ3n) is 6.98. The minimum atomic E-state index is -1.02. The monoisotopic (exact) mass is 464 g/mol. The number of ether oxygens (including phenoxy) is 1. The van der Waals surface area contributed by atoms with Crippen LogP contribution in [0.5, 0.6) is 0 Å². The van der Waals surface area contributed by atoms with Crippen LogP contribution in [0.15, 0.2) is 48.5 Å². The summed E-state index contributed by atoms with van der Waals surface area (Å²) in [4.78, 5) is 36.8. The van der Waals surface area contributed by atoms with E-state index >= 15 is 0 Å². The molecule has 2 aromatic carbocycles. The van der Waals surface area contributed by atoms with Crippen LogP contribution in [0.1, 0.15) is 68.9 Å². The quantitative estimate of drug-likeness (QED) is 0.530. The van der Waals surface area contributed by atoms with Gasteiger partial charge in [0.2, 0.25) is 5.91 Å². The van der Waals surface area contributed by atoms with Gasteiger partial charge >= 0.3 is 12.1 Å². The zero-order chi connectivity index (χ0) is 24.1. The van der Waals surface area contributed by atoms with Crippen molar-refractivity contribution in [3.05, 3.63) is 59.7 Å². The minimum Gasteiger partial charge on any atom is -0.481 e. The van der Waals surface area contributed by atoms with Crippen molar-refractivity contribution in [2.75, 3.05) is 6.61 Å². The number of alkyl carbamates (subject to hydrolysis) is 1. The fraction of sp³-hybridized carbons (Fsp3) is 0.444. The maximum absolute atomic E-state index is 13.0. The van der Waals surface area contributed by atoms with E-state index in [9.17, 15) is 14.4 Å². The van der Waals surface area contributed by atoms with E-state index in [0.29, 0.717) is 0 Å². The number of carbonyl (C=O) groups excluding carboxylic acids is 2. The van der Waals surface area contributed by atoms with E-state index in [2.05, 4.69) is 22.8 Å². The zero-order valence-corrected chi connectivity index (χ0v) is 19.5. The Balaban J connectivity index is 1.41. The number of benzene rings is 2. The molecule has 0 spiro atoms. The molecule has 7 nitrogen and oxygen atoms in total. The number of hydrogen-bond donors (Lipinski definition) is 3. The van der Waals surface area contributed by atoms with Crippen LogP contribution < -0.4 is 10.6 Å². The Morgan fingerprint density at radius 3 is 2.18 bits per heavy atom. The topological polar surface area (TPSA) is 105 Å². The van der Waals surface area contributed by atoms with Crippen LogP contribution in [0.2, 0.25) is 0 Å². The van der Waals surface area contributed by atoms with Gasteiger partial charge in [0.25, 0.3) is 0 Å². The summed E-state index contributed by atoms with van der Waals surface area (Å²) in [6, 6.07) is 15.1. The fourth-order valence-corrected chi connectivity index (χ4v) is 5.16. The predicted octanol–water partition coefficient (Wildman–Crippen LogP) is 4.60. The fourth-order valence-electron chi connectivity index (χ4n) is 5.16. The molecule has 2 aliphatic rings. The number of carboxylic acids is 1. The Hall–Kier alpha value is -3.35. The van der Waals surface area contributed by atoms with Gasteiger partial charge < -0.3 is 20.5 Å². The lowest BCUT2D eigenvalue weighted by atomic mass is 9.83. The van der Waals surface area contributed by atoms with Crippen molar-refractivity contribution in [3.8, 4) is 11.1 Å². The molecule has 0 radical (unpaired) electrons. The van der Waals surface area contributed by atoms with Gasteiger partial charge in [0, 0.05) is 17.9 Å². The van der Waals surface area contributed by atoms with E-state index in [1.54, 1.807) is 0 Å². The molecule has 1 saturated carbocycles. The molecule has 0 bridgehead atoms. The largest absolute Gasteiger partial charge is 0.481 e. The van der Waals surface area contributed by atoms with E-state index in [1.165, 1.54) is 0 Å². The van der Waals surface area contributed by atoms with E-state index in [1.807, 2.05) is 43.3 Å². The highest BCUT2D eigenvalue weighted by Gasteiger charge is 2.33. The Morgan fingerprint density at radius 2 is 1.59 bits per heavy atom. The molecule has 7 heteroatoms. The van der Waals surface area contributed by atoms with Crippen LogP contribution in [0.4, 0.5) is 4.79 Å². The van der Waals surface area contributed by atoms with Gasteiger partial charge in [0.15, 0.2) is 0 Å². The van der Waals surface area contributed by atoms with Gasteiger partial charge in [-0.1, -0.05) is 67.8 Å². The van der Waals surface area contributed by atoms with Crippen LogP contribution in [0, 0.1) is 0 Å². The minimum absolute atomic E-state index is 0.00143. The third-order valence-corrected chi connectivity index (χ3v) is 6.98. The average molecular weight is 465 g/mol. The van der Waals surface area contributed by atoms with Crippen molar-refractivity contribution in [1.82, 2.24) is 10.6 Å². The van der Waals surface area contributed by atoms with Gasteiger partial charge in [-0.15, -0.1) is 0 Å². The van der Waals surface area contributed by atoms with Crippen molar-refractivity contribution in [2.45, 2.75) is 69.4 Å². The molecule has 1 fully saturated rings. The Labute approximate surface area is 199 Å². The molecule has 2 amide bonds. The maximum Gasteiger partial charge on any atom is 0.407 e. The first kappa shape index (κ1) is 23.8. The van der Waals surface area contributed by atoms with Crippen molar-refractivity contribution >= 4 is 18.0 Å². The number of carboxylic acid groups (broad SMARTS) is 1. The van der Waals surface area contributed by atoms with Crippen molar-refractivity contribution in [3.63, 3.8) is 0 Å². The van der Waals surface area contributed by atoms with Gasteiger partial charge in [-0.3, -0.25) is 9.59 Å². The van der Waals surface area contributed by atoms with Crippen LogP contribution in [-0.2, 0) is 14.3 Å². The molecule has 3 N–H and O–H groups in total. The van der Waals surface area contributed by atoms with E-state index < -0.39 is 18.1 Å². The predicted molar refractivity (Wildman–Crippen MR) is 128 cm³/mol. The second-order valence-electron chi connectivity index (χ2n) is 9.57. The molecular weight excluding hydrogens is 432 g/mol. The molecule has 1 unspecified atom stereocenters. The first-order valence-corrected chi connectivity index (χ1v) is 12.0. The van der Waals surface area contributed by atoms with Crippen molar-refractivity contribution in [1.29, 1.82) is 0 Å². The molecule has 4 rings (SSSR count). The number of nitrogens with one attached hydrogen (secondary N) is 2. The van der Waals surface area contributed by atoms with Gasteiger partial charge in [-0.25, -0.2) is 4.79 Å². The second kappa shape index (κ2) is 10.3. The van der Waals surface area contributed by atoms with E-state index in [0.717, 1.165) is 54.4 Å². The number of amides is 2. The highest BCUT2D eigenvalue weighted by Crippen LogP contribution is 2.44. The highest BCUT2D eigenvalue weighted by atomic mass is 16.5. The first-order valence-electron chi connectivity index (χ1n) is 12.0. The molecule has 1 atom stereocenters. The van der Waals surface area contributed by atoms with Crippen molar-refractivity contribution in [2.24, 2.45) is 0 Å². The molecule has 0 aliphatic heterocycles. The molecule has 0 saturated heterocycles. The molecule has 180 valence electrons. The molecule has 2 aliphatic carbocycles. The van der Waals surface area contributed by atoms with E-state index in [4.69, 9.17) is 9.84 Å². The van der Waals surface area contributed by atoms with Gasteiger partial charge in [-0.05, 0) is 48.4 Å². The normalized spacial score (nSPS) is 17.2. The summed E-state index contributed by atoms with van der Waals surface area (Å²) in [5.74, 6) is -1.47. The Morgan fingerprint density at radius 1 is 1.00 bits per heavy atom. The number of hydrogen-bond acceptors (Lipinski definition) is 4. The van der Waals surface area contributed by atoms with Gasteiger partial charge in [0.1, 0.15) is 12.6 Å². The summed E-state index contributed by atoms with van der Waals surface area (Å²) >= 11 is 0. The lowest BCUT2D eigenvalue weighted by Crippen LogP contribution is -2.55. The Kier molecular flexibility index (Phi) is 7.20. The summed E-state index contributed by atoms with van der Waals surface area (Å²) in [7, 11) is 0. The zero-order valence-electron chi connectivity index (χ0n) is 19.5. The smallest absolute Gasteiger partial charge is 0.407 e. The van der Waals surface area contributed by atoms with Crippen molar-refractivity contribution < 1.29 is 24.2 Å². The van der Waals surface area contributed by atoms with Gasteiger partial charge in [-0.2, -0.15) is 0 Å². The third kappa shape index (κ3) is 5.41. The molecule has 34 heavy (non-hydrogen) atoms. The summed E-state index contributed by atoms with van der Waals surface area (Å²) in [5, 5.41) is 14.8. The first-order chi connectivity index (χ1) is 16.4. The second-order valence-corrected chi connectivity index (χ2v) is 9.57. The lowest BCUT2D eigenvalue weighted by molar-refractivity contribution is -0.137. The number of rotatable bonds is 8. The lowest BCUT2D eigenvalue weighted by Gasteiger charge is -2.35. The number of fused-ring (bicyclic) bond motifs is 3. The number of aliphatic carboxylic acids is 1. The molecule has 2 aromatic rings. The standard InChI is InChI=1S/C27H32N2O5/c1-27(15-7-2-8-16-27)29-25(32)23(13-14-24(30)31)28-26(33)34-17-22-20-11-5-3-9-18(20)19-10-4-6-12-21(19)22/h3-6,9-12,22-23H,2,7-8,13-17H2,1H3,(H,28,33)(H,29,32)(H,30,31). The Bertz CT molecular complexity index is 1010. The SMILES string of the molecule is CC1(NC(=O)C(CCC(=O)O)NC(=O)OCC2c3ccccc3-c3ccccc32)CCCCC1. The van der Waals surface area contributed by atoms with Crippen LogP contribution in [0.3, 0.4) is 0 Å². The van der Waals surface area contributed by atoms with Gasteiger partial charge in [0.05, 0.1) is 0 Å². The summed E-state index contributed by atoms with van der Waals surface area (Å²) in [5.41, 5.74) is 4.13. The highest BCUT2D eigenvalue weighted by molar-refractivity contribution is 5.86.